The van der Waals surface area contributed by atoms with Crippen molar-refractivity contribution in [2.24, 2.45) is 5.92 Å². The Hall–Kier alpha value is -1.89. The number of rotatable bonds is 10. The van der Waals surface area contributed by atoms with Gasteiger partial charge in [0.05, 0.1) is 4.90 Å². The lowest BCUT2D eigenvalue weighted by Gasteiger charge is -2.23. The summed E-state index contributed by atoms with van der Waals surface area (Å²) in [6, 6.07) is 13.7. The molecule has 162 valence electrons. The second-order valence-corrected chi connectivity index (χ2v) is 10.2. The van der Waals surface area contributed by atoms with E-state index in [0.717, 1.165) is 30.4 Å². The zero-order valence-corrected chi connectivity index (χ0v) is 18.5. The first-order chi connectivity index (χ1) is 14.3. The summed E-state index contributed by atoms with van der Waals surface area (Å²) in [5.74, 6) is -0.280. The van der Waals surface area contributed by atoms with E-state index in [2.05, 4.69) is 4.72 Å². The van der Waals surface area contributed by atoms with Gasteiger partial charge in [-0.15, -0.1) is 0 Å². The predicted octanol–water partition coefficient (Wildman–Crippen LogP) is 5.35. The zero-order valence-electron chi connectivity index (χ0n) is 16.9. The van der Waals surface area contributed by atoms with Gasteiger partial charge in [-0.25, -0.2) is 13.1 Å². The normalized spacial score (nSPS) is 15.9. The highest BCUT2D eigenvalue weighted by atomic mass is 35.5. The van der Waals surface area contributed by atoms with Gasteiger partial charge in [0.15, 0.2) is 0 Å². The molecule has 0 amide bonds. The molecule has 0 heterocycles. The van der Waals surface area contributed by atoms with Gasteiger partial charge in [0.1, 0.15) is 0 Å². The summed E-state index contributed by atoms with van der Waals surface area (Å²) in [6.45, 7) is 0. The molecule has 1 atom stereocenters. The number of aryl methyl sites for hydroxylation is 1. The summed E-state index contributed by atoms with van der Waals surface area (Å²) in [5, 5.41) is 9.28. The van der Waals surface area contributed by atoms with Crippen LogP contribution in [0.3, 0.4) is 0 Å². The van der Waals surface area contributed by atoms with E-state index in [1.807, 2.05) is 24.3 Å². The van der Waals surface area contributed by atoms with E-state index in [9.17, 15) is 13.2 Å². The van der Waals surface area contributed by atoms with Gasteiger partial charge in [-0.1, -0.05) is 61.5 Å². The lowest BCUT2D eigenvalue weighted by Crippen LogP contribution is -2.30. The standard InChI is InChI=1S/C23H28ClNO4S/c24-20-12-14-21(15-13-20)30(28,29)25-22(16-18-4-1-2-5-18)19-10-8-17(9-11-19)6-3-7-23(26)27/h8-15,18,22,25H,1-7,16H2,(H,26,27). The molecule has 0 bridgehead atoms. The molecule has 2 aromatic carbocycles. The second kappa shape index (κ2) is 10.4. The third kappa shape index (κ3) is 6.56. The highest BCUT2D eigenvalue weighted by Crippen LogP contribution is 2.34. The van der Waals surface area contributed by atoms with Crippen LogP contribution in [0.1, 0.15) is 62.1 Å². The molecule has 0 saturated heterocycles. The summed E-state index contributed by atoms with van der Waals surface area (Å²) in [4.78, 5) is 10.9. The van der Waals surface area contributed by atoms with E-state index in [1.54, 1.807) is 12.1 Å². The van der Waals surface area contributed by atoms with Crippen LogP contribution in [0, 0.1) is 5.92 Å². The summed E-state index contributed by atoms with van der Waals surface area (Å²) < 4.78 is 28.8. The van der Waals surface area contributed by atoms with Crippen molar-refractivity contribution in [2.75, 3.05) is 0 Å². The molecule has 1 unspecified atom stereocenters. The van der Waals surface area contributed by atoms with E-state index in [0.29, 0.717) is 23.8 Å². The fourth-order valence-electron chi connectivity index (χ4n) is 4.06. The Morgan fingerprint density at radius 3 is 2.30 bits per heavy atom. The quantitative estimate of drug-likeness (QED) is 0.512. The maximum Gasteiger partial charge on any atom is 0.303 e. The van der Waals surface area contributed by atoms with Gasteiger partial charge in [-0.3, -0.25) is 4.79 Å². The first kappa shape index (κ1) is 22.8. The third-order valence-electron chi connectivity index (χ3n) is 5.70. The topological polar surface area (TPSA) is 83.5 Å². The summed E-state index contributed by atoms with van der Waals surface area (Å²) in [6.07, 6.45) is 6.85. The van der Waals surface area contributed by atoms with Crippen molar-refractivity contribution in [1.82, 2.24) is 4.72 Å². The number of aliphatic carboxylic acids is 1. The lowest BCUT2D eigenvalue weighted by atomic mass is 9.93. The average molecular weight is 450 g/mol. The minimum atomic E-state index is -3.67. The Morgan fingerprint density at radius 2 is 1.70 bits per heavy atom. The molecule has 0 aromatic heterocycles. The number of hydrogen-bond acceptors (Lipinski definition) is 3. The van der Waals surface area contributed by atoms with Crippen LogP contribution >= 0.6 is 11.6 Å². The average Bonchev–Trinajstić information content (AvgIpc) is 3.21. The number of carboxylic acids is 1. The molecule has 0 radical (unpaired) electrons. The highest BCUT2D eigenvalue weighted by molar-refractivity contribution is 7.89. The van der Waals surface area contributed by atoms with Crippen LogP contribution in [0.25, 0.3) is 0 Å². The van der Waals surface area contributed by atoms with Crippen molar-refractivity contribution in [3.63, 3.8) is 0 Å². The Labute approximate surface area is 183 Å². The van der Waals surface area contributed by atoms with Crippen molar-refractivity contribution in [2.45, 2.75) is 62.3 Å². The number of benzene rings is 2. The van der Waals surface area contributed by atoms with Gasteiger partial charge in [0.25, 0.3) is 0 Å². The maximum absolute atomic E-state index is 13.0. The van der Waals surface area contributed by atoms with Crippen molar-refractivity contribution >= 4 is 27.6 Å². The Kier molecular flexibility index (Phi) is 7.92. The van der Waals surface area contributed by atoms with E-state index < -0.39 is 16.0 Å². The van der Waals surface area contributed by atoms with Crippen LogP contribution in [0.4, 0.5) is 0 Å². The number of halogens is 1. The van der Waals surface area contributed by atoms with Gasteiger partial charge >= 0.3 is 5.97 Å². The van der Waals surface area contributed by atoms with Crippen LogP contribution in [-0.2, 0) is 21.2 Å². The van der Waals surface area contributed by atoms with Gasteiger partial charge in [-0.2, -0.15) is 0 Å². The summed E-state index contributed by atoms with van der Waals surface area (Å²) in [5.41, 5.74) is 1.99. The van der Waals surface area contributed by atoms with Crippen molar-refractivity contribution in [3.8, 4) is 0 Å². The van der Waals surface area contributed by atoms with Gasteiger partial charge in [0.2, 0.25) is 10.0 Å². The minimum Gasteiger partial charge on any atom is -0.481 e. The molecule has 1 aliphatic carbocycles. The van der Waals surface area contributed by atoms with Gasteiger partial charge in [-0.05, 0) is 60.6 Å². The first-order valence-corrected chi connectivity index (χ1v) is 12.3. The molecule has 0 spiro atoms. The van der Waals surface area contributed by atoms with Gasteiger partial charge < -0.3 is 5.11 Å². The molecular formula is C23H28ClNO4S. The van der Waals surface area contributed by atoms with Crippen molar-refractivity contribution in [3.05, 3.63) is 64.7 Å². The lowest BCUT2D eigenvalue weighted by molar-refractivity contribution is -0.137. The number of carbonyl (C=O) groups is 1. The van der Waals surface area contributed by atoms with E-state index in [1.165, 1.54) is 25.0 Å². The molecule has 1 fully saturated rings. The number of hydrogen-bond donors (Lipinski definition) is 2. The van der Waals surface area contributed by atoms with Crippen molar-refractivity contribution in [1.29, 1.82) is 0 Å². The molecule has 2 N–H and O–H groups in total. The second-order valence-electron chi connectivity index (χ2n) is 8.00. The fraction of sp³-hybridized carbons (Fsp3) is 0.435. The molecule has 1 saturated carbocycles. The Morgan fingerprint density at radius 1 is 1.07 bits per heavy atom. The highest BCUT2D eigenvalue weighted by Gasteiger charge is 2.26. The van der Waals surface area contributed by atoms with Gasteiger partial charge in [0, 0.05) is 17.5 Å². The Balaban J connectivity index is 1.76. The van der Waals surface area contributed by atoms with Crippen LogP contribution in [-0.4, -0.2) is 19.5 Å². The molecular weight excluding hydrogens is 422 g/mol. The van der Waals surface area contributed by atoms with Crippen LogP contribution in [0.5, 0.6) is 0 Å². The zero-order chi connectivity index (χ0) is 21.6. The summed E-state index contributed by atoms with van der Waals surface area (Å²) in [7, 11) is -3.67. The fourth-order valence-corrected chi connectivity index (χ4v) is 5.42. The predicted molar refractivity (Wildman–Crippen MR) is 118 cm³/mol. The molecule has 1 aliphatic rings. The van der Waals surface area contributed by atoms with E-state index in [4.69, 9.17) is 16.7 Å². The number of carboxylic acid groups (broad SMARTS) is 1. The maximum atomic E-state index is 13.0. The van der Waals surface area contributed by atoms with Crippen molar-refractivity contribution < 1.29 is 18.3 Å². The van der Waals surface area contributed by atoms with Crippen LogP contribution in [0.2, 0.25) is 5.02 Å². The molecule has 3 rings (SSSR count). The molecule has 2 aromatic rings. The monoisotopic (exact) mass is 449 g/mol. The van der Waals surface area contributed by atoms with E-state index in [-0.39, 0.29) is 17.4 Å². The molecule has 5 nitrogen and oxygen atoms in total. The minimum absolute atomic E-state index is 0.146. The third-order valence-corrected chi connectivity index (χ3v) is 7.44. The largest absolute Gasteiger partial charge is 0.481 e. The number of nitrogens with one attached hydrogen (secondary N) is 1. The molecule has 0 aliphatic heterocycles. The summed E-state index contributed by atoms with van der Waals surface area (Å²) >= 11 is 5.90. The molecule has 7 heteroatoms. The van der Waals surface area contributed by atoms with Crippen LogP contribution < -0.4 is 4.72 Å². The van der Waals surface area contributed by atoms with E-state index >= 15 is 0 Å². The SMILES string of the molecule is O=C(O)CCCc1ccc(C(CC2CCCC2)NS(=O)(=O)c2ccc(Cl)cc2)cc1. The van der Waals surface area contributed by atoms with Crippen LogP contribution in [0.15, 0.2) is 53.4 Å². The Bertz CT molecular complexity index is 936. The smallest absolute Gasteiger partial charge is 0.303 e. The number of sulfonamides is 1. The molecule has 30 heavy (non-hydrogen) atoms. The first-order valence-electron chi connectivity index (χ1n) is 10.4.